The first-order chi connectivity index (χ1) is 23.5. The molecule has 4 aromatic heterocycles. The van der Waals surface area contributed by atoms with Gasteiger partial charge in [-0.2, -0.15) is 5.10 Å². The van der Waals surface area contributed by atoms with Gasteiger partial charge in [0.15, 0.2) is 11.3 Å². The van der Waals surface area contributed by atoms with E-state index < -0.39 is 0 Å². The highest BCUT2D eigenvalue weighted by atomic mass is 16.2. The molecule has 48 heavy (non-hydrogen) atoms. The molecule has 3 aliphatic rings. The van der Waals surface area contributed by atoms with E-state index in [0.717, 1.165) is 64.0 Å². The SMILES string of the molecule is CN(C[n+]1cc2c3c(cnc2[nH]1)CN(C(=O)NCC1CCCCC1)CC3)c1ccc(NC(=O)N2CCc3c(cnc4[nH]ncc34)C2)cc1. The Balaban J connectivity index is 0.867. The Morgan fingerprint density at radius 3 is 2.33 bits per heavy atom. The van der Waals surface area contributed by atoms with Crippen molar-refractivity contribution < 1.29 is 14.3 Å². The van der Waals surface area contributed by atoms with Gasteiger partial charge in [-0.25, -0.2) is 19.6 Å². The highest BCUT2D eigenvalue weighted by Gasteiger charge is 2.27. The summed E-state index contributed by atoms with van der Waals surface area (Å²) in [5, 5.41) is 18.8. The Morgan fingerprint density at radius 1 is 0.896 bits per heavy atom. The lowest BCUT2D eigenvalue weighted by molar-refractivity contribution is -0.747. The summed E-state index contributed by atoms with van der Waals surface area (Å²) in [7, 11) is 2.04. The number of anilines is 2. The van der Waals surface area contributed by atoms with Crippen LogP contribution in [0.15, 0.2) is 49.1 Å². The van der Waals surface area contributed by atoms with Crippen molar-refractivity contribution in [2.45, 2.75) is 64.7 Å². The second kappa shape index (κ2) is 12.8. The fourth-order valence-corrected chi connectivity index (χ4v) is 7.55. The predicted octanol–water partition coefficient (Wildman–Crippen LogP) is 4.45. The van der Waals surface area contributed by atoms with E-state index in [1.807, 2.05) is 64.4 Å². The molecule has 0 bridgehead atoms. The van der Waals surface area contributed by atoms with Crippen LogP contribution in [0.5, 0.6) is 0 Å². The molecule has 1 saturated carbocycles. The third-order valence-electron chi connectivity index (χ3n) is 10.3. The molecule has 0 unspecified atom stereocenters. The third-order valence-corrected chi connectivity index (χ3v) is 10.3. The monoisotopic (exact) mass is 648 g/mol. The highest BCUT2D eigenvalue weighted by molar-refractivity contribution is 5.90. The number of hydrogen-bond donors (Lipinski definition) is 4. The molecule has 4 N–H and O–H groups in total. The third kappa shape index (κ3) is 6.00. The van der Waals surface area contributed by atoms with Crippen molar-refractivity contribution in [2.24, 2.45) is 5.92 Å². The molecule has 4 amide bonds. The predicted molar refractivity (Wildman–Crippen MR) is 182 cm³/mol. The number of amides is 4. The molecule has 13 heteroatoms. The number of nitrogens with zero attached hydrogens (tertiary/aromatic N) is 7. The molecule has 6 heterocycles. The van der Waals surface area contributed by atoms with E-state index in [2.05, 4.69) is 42.0 Å². The summed E-state index contributed by atoms with van der Waals surface area (Å²) >= 11 is 0. The average Bonchev–Trinajstić information content (AvgIpc) is 3.78. The highest BCUT2D eigenvalue weighted by Crippen LogP contribution is 2.27. The van der Waals surface area contributed by atoms with Gasteiger partial charge >= 0.3 is 12.1 Å². The first-order valence-corrected chi connectivity index (χ1v) is 17.1. The van der Waals surface area contributed by atoms with Crippen LogP contribution >= 0.6 is 0 Å². The van der Waals surface area contributed by atoms with Gasteiger partial charge in [-0.3, -0.25) is 5.10 Å². The van der Waals surface area contributed by atoms with E-state index in [1.165, 1.54) is 43.2 Å². The molecule has 1 aliphatic carbocycles. The van der Waals surface area contributed by atoms with Crippen LogP contribution in [0.1, 0.15) is 54.4 Å². The number of aromatic amines is 2. The molecule has 8 rings (SSSR count). The molecule has 0 spiro atoms. The second-order valence-electron chi connectivity index (χ2n) is 13.5. The summed E-state index contributed by atoms with van der Waals surface area (Å²) in [6.07, 6.45) is 15.6. The van der Waals surface area contributed by atoms with Gasteiger partial charge in [-0.1, -0.05) is 23.9 Å². The normalized spacial score (nSPS) is 16.5. The summed E-state index contributed by atoms with van der Waals surface area (Å²) < 4.78 is 2.04. The fraction of sp³-hybridized carbons (Fsp3) is 0.429. The van der Waals surface area contributed by atoms with Gasteiger partial charge in [0.05, 0.1) is 11.6 Å². The second-order valence-corrected chi connectivity index (χ2v) is 13.5. The van der Waals surface area contributed by atoms with Crippen LogP contribution in [0.2, 0.25) is 0 Å². The van der Waals surface area contributed by atoms with Crippen LogP contribution in [0.4, 0.5) is 21.0 Å². The van der Waals surface area contributed by atoms with Crippen LogP contribution in [-0.4, -0.2) is 73.8 Å². The standard InChI is InChI=1S/C35H41N11O2/c1-43(27-9-7-26(8-10-27)40-35(48)45-14-11-28-24(20-45)16-36-32-30(28)18-39-41-32)22-46-21-31-29-12-13-44(19-25(29)17-37-33(31)42-46)34(47)38-15-23-5-3-2-4-6-23/h7-10,16-18,21,23H,2-6,11-15,19-20,22H2,1H3,(H3,36,38,39,40,41,47,48)/p+1. The molecule has 13 nitrogen and oxygen atoms in total. The molecular weight excluding hydrogens is 606 g/mol. The number of aromatic nitrogens is 6. The lowest BCUT2D eigenvalue weighted by Gasteiger charge is -2.30. The van der Waals surface area contributed by atoms with Gasteiger partial charge in [0.25, 0.3) is 0 Å². The number of nitrogens with one attached hydrogen (secondary N) is 4. The molecule has 5 aromatic rings. The van der Waals surface area contributed by atoms with Gasteiger partial charge in [0.1, 0.15) is 0 Å². The van der Waals surface area contributed by atoms with E-state index >= 15 is 0 Å². The van der Waals surface area contributed by atoms with Crippen molar-refractivity contribution in [3.05, 3.63) is 71.3 Å². The van der Waals surface area contributed by atoms with Crippen LogP contribution < -0.4 is 20.2 Å². The first kappa shape index (κ1) is 30.2. The first-order valence-electron chi connectivity index (χ1n) is 17.1. The maximum absolute atomic E-state index is 13.1. The number of hydrogen-bond acceptors (Lipinski definition) is 6. The minimum Gasteiger partial charge on any atom is -0.338 e. The summed E-state index contributed by atoms with van der Waals surface area (Å²) in [4.78, 5) is 41.1. The number of pyridine rings is 2. The molecule has 0 saturated heterocycles. The minimum absolute atomic E-state index is 0.0360. The zero-order valence-electron chi connectivity index (χ0n) is 27.3. The number of fused-ring (bicyclic) bond motifs is 6. The van der Waals surface area contributed by atoms with Crippen LogP contribution in [0, 0.1) is 5.92 Å². The summed E-state index contributed by atoms with van der Waals surface area (Å²) in [5.41, 5.74) is 8.04. The van der Waals surface area contributed by atoms with Crippen LogP contribution in [0.3, 0.4) is 0 Å². The lowest BCUT2D eigenvalue weighted by Crippen LogP contribution is -2.44. The zero-order valence-corrected chi connectivity index (χ0v) is 27.3. The van der Waals surface area contributed by atoms with Gasteiger partial charge < -0.3 is 25.3 Å². The van der Waals surface area contributed by atoms with Gasteiger partial charge in [-0.05, 0) is 78.1 Å². The van der Waals surface area contributed by atoms with Crippen molar-refractivity contribution in [3.63, 3.8) is 0 Å². The van der Waals surface area contributed by atoms with E-state index in [4.69, 9.17) is 4.98 Å². The van der Waals surface area contributed by atoms with E-state index in [-0.39, 0.29) is 12.1 Å². The topological polar surface area (TPSA) is 142 Å². The number of rotatable bonds is 6. The summed E-state index contributed by atoms with van der Waals surface area (Å²) in [6, 6.07) is 7.80. The maximum Gasteiger partial charge on any atom is 0.322 e. The number of carbonyl (C=O) groups is 2. The van der Waals surface area contributed by atoms with E-state index in [1.54, 1.807) is 0 Å². The smallest absolute Gasteiger partial charge is 0.322 e. The fourth-order valence-electron chi connectivity index (χ4n) is 7.55. The number of benzene rings is 1. The van der Waals surface area contributed by atoms with Crippen molar-refractivity contribution in [3.8, 4) is 0 Å². The largest absolute Gasteiger partial charge is 0.338 e. The Hall–Kier alpha value is -5.20. The van der Waals surface area contributed by atoms with Gasteiger partial charge in [0, 0.05) is 68.9 Å². The molecule has 2 aliphatic heterocycles. The summed E-state index contributed by atoms with van der Waals surface area (Å²) in [6.45, 7) is 3.82. The Bertz CT molecular complexity index is 1960. The molecule has 0 atom stereocenters. The maximum atomic E-state index is 13.1. The summed E-state index contributed by atoms with van der Waals surface area (Å²) in [5.74, 6) is 0.616. The molecule has 1 fully saturated rings. The lowest BCUT2D eigenvalue weighted by atomic mass is 9.89. The van der Waals surface area contributed by atoms with Crippen molar-refractivity contribution in [1.29, 1.82) is 0 Å². The Morgan fingerprint density at radius 2 is 1.58 bits per heavy atom. The van der Waals surface area contributed by atoms with Crippen molar-refractivity contribution in [1.82, 2.24) is 40.4 Å². The average molecular weight is 649 g/mol. The van der Waals surface area contributed by atoms with Crippen molar-refractivity contribution >= 4 is 45.5 Å². The molecule has 248 valence electrons. The number of H-pyrrole nitrogens is 2. The zero-order chi connectivity index (χ0) is 32.6. The quantitative estimate of drug-likeness (QED) is 0.201. The minimum atomic E-state index is -0.123. The number of carbonyl (C=O) groups excluding carboxylic acids is 2. The number of urea groups is 2. The van der Waals surface area contributed by atoms with Crippen molar-refractivity contribution in [2.75, 3.05) is 36.9 Å². The molecular formula is C35H42N11O2+. The van der Waals surface area contributed by atoms with Crippen LogP contribution in [0.25, 0.3) is 22.1 Å². The van der Waals surface area contributed by atoms with Gasteiger partial charge in [-0.15, -0.1) is 5.10 Å². The Kier molecular flexibility index (Phi) is 8.03. The van der Waals surface area contributed by atoms with E-state index in [9.17, 15) is 9.59 Å². The Labute approximate surface area is 278 Å². The molecule has 0 radical (unpaired) electrons. The van der Waals surface area contributed by atoms with Gasteiger partial charge in [0.2, 0.25) is 12.9 Å². The molecule has 1 aromatic carbocycles. The van der Waals surface area contributed by atoms with E-state index in [0.29, 0.717) is 38.8 Å². The van der Waals surface area contributed by atoms with Crippen LogP contribution in [-0.2, 0) is 32.6 Å².